The number of carbonyl (C=O) groups excluding carboxylic acids is 1. The summed E-state index contributed by atoms with van der Waals surface area (Å²) >= 11 is 1.34. The molecule has 1 amide bonds. The topological polar surface area (TPSA) is 29.1 Å². The maximum absolute atomic E-state index is 13.6. The number of thiophene rings is 1. The quantitative estimate of drug-likeness (QED) is 0.910. The monoisotopic (exact) mass is 281 g/mol. The molecule has 19 heavy (non-hydrogen) atoms. The number of carbonyl (C=O) groups is 1. The van der Waals surface area contributed by atoms with Gasteiger partial charge in [0.1, 0.15) is 11.6 Å². The molecular weight excluding hydrogens is 268 g/mol. The zero-order valence-electron chi connectivity index (χ0n) is 10.5. The molecule has 5 heteroatoms. The number of aryl methyl sites for hydroxylation is 1. The lowest BCUT2D eigenvalue weighted by Crippen LogP contribution is -2.27. The third kappa shape index (κ3) is 2.98. The van der Waals surface area contributed by atoms with E-state index in [1.165, 1.54) is 23.5 Å². The molecular formula is C14H13F2NOS. The summed E-state index contributed by atoms with van der Waals surface area (Å²) in [7, 11) is 0. The first-order chi connectivity index (χ1) is 8.99. The van der Waals surface area contributed by atoms with Crippen molar-refractivity contribution in [2.75, 3.05) is 0 Å². The number of nitrogens with one attached hydrogen (secondary N) is 1. The van der Waals surface area contributed by atoms with Gasteiger partial charge in [-0.1, -0.05) is 6.07 Å². The van der Waals surface area contributed by atoms with Crippen LogP contribution in [0, 0.1) is 18.6 Å². The van der Waals surface area contributed by atoms with Crippen molar-refractivity contribution in [3.8, 4) is 0 Å². The Morgan fingerprint density at radius 1 is 1.32 bits per heavy atom. The van der Waals surface area contributed by atoms with E-state index in [-0.39, 0.29) is 11.5 Å². The molecule has 0 bridgehead atoms. The van der Waals surface area contributed by atoms with E-state index in [9.17, 15) is 13.6 Å². The summed E-state index contributed by atoms with van der Waals surface area (Å²) in [6, 6.07) is 4.67. The first-order valence-corrected chi connectivity index (χ1v) is 6.67. The molecule has 1 N–H and O–H groups in total. The van der Waals surface area contributed by atoms with Crippen LogP contribution in [0.4, 0.5) is 8.78 Å². The summed E-state index contributed by atoms with van der Waals surface area (Å²) in [6.45, 7) is 3.51. The minimum Gasteiger partial charge on any atom is -0.345 e. The van der Waals surface area contributed by atoms with Crippen LogP contribution >= 0.6 is 11.3 Å². The third-order valence-electron chi connectivity index (χ3n) is 2.84. The zero-order chi connectivity index (χ0) is 14.0. The van der Waals surface area contributed by atoms with Gasteiger partial charge in [-0.2, -0.15) is 0 Å². The Kier molecular flexibility index (Phi) is 3.95. The molecule has 1 atom stereocenters. The van der Waals surface area contributed by atoms with Crippen molar-refractivity contribution in [2.45, 2.75) is 19.9 Å². The summed E-state index contributed by atoms with van der Waals surface area (Å²) in [5.74, 6) is -1.53. The minimum atomic E-state index is -0.657. The summed E-state index contributed by atoms with van der Waals surface area (Å²) in [5.41, 5.74) is 1.15. The summed E-state index contributed by atoms with van der Waals surface area (Å²) in [6.07, 6.45) is 0. The van der Waals surface area contributed by atoms with E-state index >= 15 is 0 Å². The Labute approximate surface area is 114 Å². The number of hydrogen-bond donors (Lipinski definition) is 1. The largest absolute Gasteiger partial charge is 0.345 e. The standard InChI is InChI=1S/C14H13F2NOS/c1-8-5-6-19-13(8)14(18)17-9(2)11-4-3-10(15)7-12(11)16/h3-7,9H,1-2H3,(H,17,18)/t9-/m1/s1. The summed E-state index contributed by atoms with van der Waals surface area (Å²) in [4.78, 5) is 12.6. The molecule has 0 fully saturated rings. The predicted molar refractivity (Wildman–Crippen MR) is 71.3 cm³/mol. The van der Waals surface area contributed by atoms with E-state index in [0.29, 0.717) is 4.88 Å². The number of amides is 1. The van der Waals surface area contributed by atoms with Gasteiger partial charge in [0.15, 0.2) is 0 Å². The Hall–Kier alpha value is -1.75. The van der Waals surface area contributed by atoms with Gasteiger partial charge < -0.3 is 5.32 Å². The lowest BCUT2D eigenvalue weighted by atomic mass is 10.1. The minimum absolute atomic E-state index is 0.247. The van der Waals surface area contributed by atoms with Crippen LogP contribution in [0.15, 0.2) is 29.6 Å². The first-order valence-electron chi connectivity index (χ1n) is 5.79. The molecule has 1 heterocycles. The molecule has 0 aliphatic heterocycles. The van der Waals surface area contributed by atoms with Gasteiger partial charge in [0.05, 0.1) is 10.9 Å². The molecule has 2 rings (SSSR count). The lowest BCUT2D eigenvalue weighted by molar-refractivity contribution is 0.0943. The Bertz CT molecular complexity index is 609. The summed E-state index contributed by atoms with van der Waals surface area (Å²) < 4.78 is 26.4. The second-order valence-electron chi connectivity index (χ2n) is 4.29. The highest BCUT2D eigenvalue weighted by Gasteiger charge is 2.17. The molecule has 0 spiro atoms. The van der Waals surface area contributed by atoms with Gasteiger partial charge in [-0.3, -0.25) is 4.79 Å². The molecule has 1 aromatic heterocycles. The van der Waals surface area contributed by atoms with Crippen molar-refractivity contribution >= 4 is 17.2 Å². The van der Waals surface area contributed by atoms with Crippen LogP contribution in [0.1, 0.15) is 33.8 Å². The summed E-state index contributed by atoms with van der Waals surface area (Å²) in [5, 5.41) is 4.54. The van der Waals surface area contributed by atoms with Crippen molar-refractivity contribution in [2.24, 2.45) is 0 Å². The molecule has 0 unspecified atom stereocenters. The molecule has 0 saturated heterocycles. The van der Waals surface area contributed by atoms with Crippen molar-refractivity contribution < 1.29 is 13.6 Å². The van der Waals surface area contributed by atoms with Crippen molar-refractivity contribution in [3.63, 3.8) is 0 Å². The Morgan fingerprint density at radius 2 is 2.05 bits per heavy atom. The van der Waals surface area contributed by atoms with Gasteiger partial charge in [-0.05, 0) is 36.9 Å². The zero-order valence-corrected chi connectivity index (χ0v) is 11.4. The molecule has 1 aromatic carbocycles. The maximum Gasteiger partial charge on any atom is 0.262 e. The highest BCUT2D eigenvalue weighted by Crippen LogP contribution is 2.20. The molecule has 2 aromatic rings. The molecule has 2 nitrogen and oxygen atoms in total. The van der Waals surface area contributed by atoms with Crippen molar-refractivity contribution in [3.05, 3.63) is 57.3 Å². The first kappa shape index (κ1) is 13.7. The predicted octanol–water partition coefficient (Wildman–Crippen LogP) is 3.83. The second kappa shape index (κ2) is 5.48. The SMILES string of the molecule is Cc1ccsc1C(=O)N[C@H](C)c1ccc(F)cc1F. The van der Waals surface area contributed by atoms with Crippen LogP contribution in [-0.4, -0.2) is 5.91 Å². The normalized spacial score (nSPS) is 12.2. The van der Waals surface area contributed by atoms with Gasteiger partial charge in [0.2, 0.25) is 0 Å². The Balaban J connectivity index is 2.15. The van der Waals surface area contributed by atoms with Crippen LogP contribution in [0.2, 0.25) is 0 Å². The lowest BCUT2D eigenvalue weighted by Gasteiger charge is -2.15. The molecule has 0 aliphatic carbocycles. The average Bonchev–Trinajstić information content (AvgIpc) is 2.75. The van der Waals surface area contributed by atoms with Gasteiger partial charge in [0.25, 0.3) is 5.91 Å². The van der Waals surface area contributed by atoms with Gasteiger partial charge in [0, 0.05) is 11.6 Å². The smallest absolute Gasteiger partial charge is 0.262 e. The van der Waals surface area contributed by atoms with Crippen molar-refractivity contribution in [1.29, 1.82) is 0 Å². The number of benzene rings is 1. The van der Waals surface area contributed by atoms with Crippen LogP contribution in [0.25, 0.3) is 0 Å². The highest BCUT2D eigenvalue weighted by atomic mass is 32.1. The van der Waals surface area contributed by atoms with E-state index in [4.69, 9.17) is 0 Å². The van der Waals surface area contributed by atoms with Crippen LogP contribution < -0.4 is 5.32 Å². The van der Waals surface area contributed by atoms with Crippen LogP contribution in [0.3, 0.4) is 0 Å². The van der Waals surface area contributed by atoms with E-state index in [1.54, 1.807) is 6.92 Å². The van der Waals surface area contributed by atoms with Crippen LogP contribution in [0.5, 0.6) is 0 Å². The van der Waals surface area contributed by atoms with Crippen LogP contribution in [-0.2, 0) is 0 Å². The molecule has 0 aliphatic rings. The number of hydrogen-bond acceptors (Lipinski definition) is 2. The highest BCUT2D eigenvalue weighted by molar-refractivity contribution is 7.12. The fraction of sp³-hybridized carbons (Fsp3) is 0.214. The fourth-order valence-electron chi connectivity index (χ4n) is 1.80. The number of rotatable bonds is 3. The second-order valence-corrected chi connectivity index (χ2v) is 5.21. The van der Waals surface area contributed by atoms with Crippen molar-refractivity contribution in [1.82, 2.24) is 5.32 Å². The fourth-order valence-corrected chi connectivity index (χ4v) is 2.63. The maximum atomic E-state index is 13.6. The van der Waals surface area contributed by atoms with Gasteiger partial charge in [-0.25, -0.2) is 8.78 Å². The van der Waals surface area contributed by atoms with E-state index in [0.717, 1.165) is 11.6 Å². The van der Waals surface area contributed by atoms with Gasteiger partial charge >= 0.3 is 0 Å². The number of halogens is 2. The molecule has 100 valence electrons. The third-order valence-corrected chi connectivity index (χ3v) is 3.86. The Morgan fingerprint density at radius 3 is 2.63 bits per heavy atom. The molecule has 0 radical (unpaired) electrons. The molecule has 0 saturated carbocycles. The van der Waals surface area contributed by atoms with E-state index in [1.807, 2.05) is 18.4 Å². The van der Waals surface area contributed by atoms with Gasteiger partial charge in [-0.15, -0.1) is 11.3 Å². The average molecular weight is 281 g/mol. The van der Waals surface area contributed by atoms with E-state index < -0.39 is 17.7 Å². The van der Waals surface area contributed by atoms with E-state index in [2.05, 4.69) is 5.32 Å².